The van der Waals surface area contributed by atoms with E-state index in [9.17, 15) is 9.59 Å². The van der Waals surface area contributed by atoms with Crippen molar-refractivity contribution in [3.8, 4) is 0 Å². The summed E-state index contributed by atoms with van der Waals surface area (Å²) >= 11 is 0. The van der Waals surface area contributed by atoms with E-state index in [2.05, 4.69) is 20.4 Å². The first-order chi connectivity index (χ1) is 10.9. The fourth-order valence-electron chi connectivity index (χ4n) is 2.18. The lowest BCUT2D eigenvalue weighted by Crippen LogP contribution is -2.18. The Morgan fingerprint density at radius 2 is 1.96 bits per heavy atom. The highest BCUT2D eigenvalue weighted by Crippen LogP contribution is 2.12. The number of rotatable bonds is 4. The van der Waals surface area contributed by atoms with Crippen LogP contribution in [-0.2, 0) is 11.8 Å². The van der Waals surface area contributed by atoms with E-state index in [1.54, 1.807) is 30.5 Å². The smallest absolute Gasteiger partial charge is 0.271 e. The van der Waals surface area contributed by atoms with Crippen LogP contribution in [-0.4, -0.2) is 22.6 Å². The molecule has 0 saturated carbocycles. The number of carbonyl (C=O) groups is 2. The molecule has 120 valence electrons. The largest absolute Gasteiger partial charge is 0.352 e. The van der Waals surface area contributed by atoms with Crippen LogP contribution < -0.4 is 10.7 Å². The van der Waals surface area contributed by atoms with Crippen LogP contribution in [0.15, 0.2) is 35.4 Å². The first-order valence-electron chi connectivity index (χ1n) is 7.22. The van der Waals surface area contributed by atoms with Crippen LogP contribution in [0.4, 0.5) is 5.69 Å². The van der Waals surface area contributed by atoms with Crippen LogP contribution in [0.2, 0.25) is 0 Å². The predicted octanol–water partition coefficient (Wildman–Crippen LogP) is 2.36. The lowest BCUT2D eigenvalue weighted by Gasteiger charge is -2.04. The third-order valence-corrected chi connectivity index (χ3v) is 3.63. The van der Waals surface area contributed by atoms with Crippen LogP contribution in [0.1, 0.15) is 34.2 Å². The molecule has 1 aromatic carbocycles. The van der Waals surface area contributed by atoms with E-state index >= 15 is 0 Å². The van der Waals surface area contributed by atoms with Crippen molar-refractivity contribution >= 4 is 23.7 Å². The summed E-state index contributed by atoms with van der Waals surface area (Å²) in [6.45, 7) is 5.42. The third-order valence-electron chi connectivity index (χ3n) is 3.63. The average Bonchev–Trinajstić information content (AvgIpc) is 2.74. The molecule has 0 atom stereocenters. The van der Waals surface area contributed by atoms with Gasteiger partial charge < -0.3 is 9.88 Å². The molecule has 6 heteroatoms. The van der Waals surface area contributed by atoms with Gasteiger partial charge in [-0.15, -0.1) is 0 Å². The van der Waals surface area contributed by atoms with E-state index in [1.807, 2.05) is 27.0 Å². The van der Waals surface area contributed by atoms with Gasteiger partial charge >= 0.3 is 0 Å². The average molecular weight is 312 g/mol. The number of carbonyl (C=O) groups excluding carboxylic acids is 2. The summed E-state index contributed by atoms with van der Waals surface area (Å²) in [5, 5.41) is 6.64. The normalized spacial score (nSPS) is 10.8. The van der Waals surface area contributed by atoms with Gasteiger partial charge in [0, 0.05) is 42.2 Å². The fourth-order valence-corrected chi connectivity index (χ4v) is 2.18. The van der Waals surface area contributed by atoms with E-state index in [-0.39, 0.29) is 11.8 Å². The Hall–Kier alpha value is -2.89. The summed E-state index contributed by atoms with van der Waals surface area (Å²) in [7, 11) is 1.98. The molecule has 23 heavy (non-hydrogen) atoms. The molecular weight excluding hydrogens is 292 g/mol. The number of nitrogens with one attached hydrogen (secondary N) is 2. The first-order valence-corrected chi connectivity index (χ1v) is 7.22. The molecule has 0 aliphatic heterocycles. The lowest BCUT2D eigenvalue weighted by atomic mass is 10.2. The Kier molecular flexibility index (Phi) is 4.95. The second-order valence-electron chi connectivity index (χ2n) is 5.35. The van der Waals surface area contributed by atoms with E-state index in [0.717, 1.165) is 17.0 Å². The van der Waals surface area contributed by atoms with Crippen LogP contribution in [0.3, 0.4) is 0 Å². The van der Waals surface area contributed by atoms with Gasteiger partial charge in [-0.3, -0.25) is 9.59 Å². The maximum atomic E-state index is 12.1. The summed E-state index contributed by atoms with van der Waals surface area (Å²) in [5.41, 5.74) is 6.65. The van der Waals surface area contributed by atoms with Gasteiger partial charge in [-0.2, -0.15) is 5.10 Å². The van der Waals surface area contributed by atoms with Crippen LogP contribution in [0, 0.1) is 13.8 Å². The van der Waals surface area contributed by atoms with Crippen LogP contribution in [0.5, 0.6) is 0 Å². The molecule has 1 aromatic heterocycles. The van der Waals surface area contributed by atoms with Crippen molar-refractivity contribution in [3.63, 3.8) is 0 Å². The topological polar surface area (TPSA) is 75.5 Å². The Balaban J connectivity index is 2.06. The van der Waals surface area contributed by atoms with Gasteiger partial charge in [0.15, 0.2) is 0 Å². The standard InChI is InChI=1S/C17H20N4O2/c1-11-8-15(12(2)21(11)4)10-18-20-17(23)14-6-5-7-16(9-14)19-13(3)22/h5-10H,1-4H3,(H,19,22)(H,20,23). The highest BCUT2D eigenvalue weighted by molar-refractivity contribution is 5.97. The zero-order chi connectivity index (χ0) is 17.0. The van der Waals surface area contributed by atoms with Gasteiger partial charge in [0.25, 0.3) is 5.91 Å². The maximum Gasteiger partial charge on any atom is 0.271 e. The molecule has 6 nitrogen and oxygen atoms in total. The molecule has 2 aromatic rings. The summed E-state index contributed by atoms with van der Waals surface area (Å²) in [5.74, 6) is -0.519. The Bertz CT molecular complexity index is 775. The number of benzene rings is 1. The molecular formula is C17H20N4O2. The monoisotopic (exact) mass is 312 g/mol. The molecule has 0 radical (unpaired) electrons. The zero-order valence-electron chi connectivity index (χ0n) is 13.7. The first kappa shape index (κ1) is 16.5. The van der Waals surface area contributed by atoms with Crippen molar-refractivity contribution in [3.05, 3.63) is 52.8 Å². The van der Waals surface area contributed by atoms with Gasteiger partial charge in [-0.05, 0) is 38.1 Å². The Morgan fingerprint density at radius 3 is 2.57 bits per heavy atom. The van der Waals surface area contributed by atoms with Crippen molar-refractivity contribution in [1.82, 2.24) is 9.99 Å². The van der Waals surface area contributed by atoms with E-state index in [4.69, 9.17) is 0 Å². The SMILES string of the molecule is CC(=O)Nc1cccc(C(=O)NN=Cc2cc(C)n(C)c2C)c1. The summed E-state index contributed by atoms with van der Waals surface area (Å²) in [6, 6.07) is 8.69. The number of anilines is 1. The molecule has 2 rings (SSSR count). The second kappa shape index (κ2) is 6.91. The quantitative estimate of drug-likeness (QED) is 0.672. The van der Waals surface area contributed by atoms with E-state index in [0.29, 0.717) is 11.3 Å². The maximum absolute atomic E-state index is 12.1. The van der Waals surface area contributed by atoms with Crippen molar-refractivity contribution in [1.29, 1.82) is 0 Å². The molecule has 0 aliphatic carbocycles. The van der Waals surface area contributed by atoms with Gasteiger partial charge in [-0.1, -0.05) is 6.07 Å². The van der Waals surface area contributed by atoms with Gasteiger partial charge in [0.05, 0.1) is 6.21 Å². The Morgan fingerprint density at radius 1 is 1.22 bits per heavy atom. The van der Waals surface area contributed by atoms with Gasteiger partial charge in [-0.25, -0.2) is 5.43 Å². The number of hydrazone groups is 1. The van der Waals surface area contributed by atoms with Crippen molar-refractivity contribution < 1.29 is 9.59 Å². The molecule has 0 bridgehead atoms. The van der Waals surface area contributed by atoms with Crippen molar-refractivity contribution in [2.75, 3.05) is 5.32 Å². The molecule has 2 amide bonds. The minimum absolute atomic E-state index is 0.185. The highest BCUT2D eigenvalue weighted by Gasteiger charge is 2.07. The lowest BCUT2D eigenvalue weighted by molar-refractivity contribution is -0.114. The molecule has 0 aliphatic rings. The molecule has 0 saturated heterocycles. The number of amides is 2. The van der Waals surface area contributed by atoms with E-state index < -0.39 is 0 Å². The fraction of sp³-hybridized carbons (Fsp3) is 0.235. The number of hydrogen-bond acceptors (Lipinski definition) is 3. The second-order valence-corrected chi connectivity index (χ2v) is 5.35. The molecule has 1 heterocycles. The molecule has 0 unspecified atom stereocenters. The number of aryl methyl sites for hydroxylation is 1. The van der Waals surface area contributed by atoms with Crippen LogP contribution in [0.25, 0.3) is 0 Å². The zero-order valence-corrected chi connectivity index (χ0v) is 13.7. The van der Waals surface area contributed by atoms with Crippen LogP contribution >= 0.6 is 0 Å². The predicted molar refractivity (Wildman–Crippen MR) is 90.7 cm³/mol. The number of hydrogen-bond donors (Lipinski definition) is 2. The highest BCUT2D eigenvalue weighted by atomic mass is 16.2. The third kappa shape index (κ3) is 4.06. The van der Waals surface area contributed by atoms with Gasteiger partial charge in [0.1, 0.15) is 0 Å². The van der Waals surface area contributed by atoms with Gasteiger partial charge in [0.2, 0.25) is 5.91 Å². The number of aromatic nitrogens is 1. The summed E-state index contributed by atoms with van der Waals surface area (Å²) in [4.78, 5) is 23.1. The van der Waals surface area contributed by atoms with Crippen molar-refractivity contribution in [2.24, 2.45) is 12.1 Å². The molecule has 0 fully saturated rings. The summed E-state index contributed by atoms with van der Waals surface area (Å²) < 4.78 is 2.06. The molecule has 0 spiro atoms. The number of nitrogens with zero attached hydrogens (tertiary/aromatic N) is 2. The Labute approximate surface area is 135 Å². The minimum Gasteiger partial charge on any atom is -0.352 e. The minimum atomic E-state index is -0.334. The summed E-state index contributed by atoms with van der Waals surface area (Å²) in [6.07, 6.45) is 1.62. The van der Waals surface area contributed by atoms with Crippen molar-refractivity contribution in [2.45, 2.75) is 20.8 Å². The van der Waals surface area contributed by atoms with E-state index in [1.165, 1.54) is 6.92 Å². The molecule has 2 N–H and O–H groups in total.